The van der Waals surface area contributed by atoms with Crippen LogP contribution in [0.25, 0.3) is 0 Å². The molecule has 1 fully saturated rings. The molecular weight excluding hydrogens is 256 g/mol. The van der Waals surface area contributed by atoms with E-state index in [2.05, 4.69) is 28.7 Å². The minimum Gasteiger partial charge on any atom is -0.497 e. The molecule has 1 aliphatic rings. The summed E-state index contributed by atoms with van der Waals surface area (Å²) < 4.78 is 8.58. The van der Waals surface area contributed by atoms with E-state index < -0.39 is 0 Å². The van der Waals surface area contributed by atoms with Crippen molar-refractivity contribution in [3.05, 3.63) is 24.3 Å². The summed E-state index contributed by atoms with van der Waals surface area (Å²) in [7, 11) is 1.69. The highest BCUT2D eigenvalue weighted by Gasteiger charge is 2.14. The summed E-state index contributed by atoms with van der Waals surface area (Å²) in [4.78, 5) is 3.79. The first-order chi connectivity index (χ1) is 9.28. The molecule has 19 heavy (non-hydrogen) atoms. The van der Waals surface area contributed by atoms with Gasteiger partial charge in [-0.1, -0.05) is 6.92 Å². The lowest BCUT2D eigenvalue weighted by molar-refractivity contribution is 0.196. The summed E-state index contributed by atoms with van der Waals surface area (Å²) in [5.41, 5.74) is 0. The SMILES string of the molecule is COc1ccc(SNCCN2CCC(C)CC2)cc1. The molecule has 0 radical (unpaired) electrons. The molecular formula is C15H24N2OS. The number of piperidine rings is 1. The lowest BCUT2D eigenvalue weighted by Crippen LogP contribution is -2.36. The Hall–Kier alpha value is -0.710. The van der Waals surface area contributed by atoms with Gasteiger partial charge in [0, 0.05) is 18.0 Å². The molecule has 1 aliphatic heterocycles. The number of methoxy groups -OCH3 is 1. The van der Waals surface area contributed by atoms with E-state index in [1.807, 2.05) is 12.1 Å². The predicted molar refractivity (Wildman–Crippen MR) is 81.7 cm³/mol. The standard InChI is InChI=1S/C15H24N2OS/c1-13-7-10-17(11-8-13)12-9-16-19-15-5-3-14(18-2)4-6-15/h3-6,13,16H,7-12H2,1-2H3. The molecule has 2 rings (SSSR count). The molecule has 3 nitrogen and oxygen atoms in total. The Morgan fingerprint density at radius 3 is 2.58 bits per heavy atom. The van der Waals surface area contributed by atoms with Crippen LogP contribution in [0.2, 0.25) is 0 Å². The minimum atomic E-state index is 0.909. The van der Waals surface area contributed by atoms with Crippen LogP contribution in [0.3, 0.4) is 0 Å². The Morgan fingerprint density at radius 2 is 1.95 bits per heavy atom. The molecule has 1 N–H and O–H groups in total. The van der Waals surface area contributed by atoms with Gasteiger partial charge in [-0.3, -0.25) is 4.72 Å². The van der Waals surface area contributed by atoms with Crippen LogP contribution >= 0.6 is 11.9 Å². The first-order valence-corrected chi connectivity index (χ1v) is 7.85. The smallest absolute Gasteiger partial charge is 0.118 e. The Labute approximate surface area is 120 Å². The number of hydrogen-bond acceptors (Lipinski definition) is 4. The van der Waals surface area contributed by atoms with Gasteiger partial charge in [-0.25, -0.2) is 0 Å². The third-order valence-electron chi connectivity index (χ3n) is 3.66. The van der Waals surface area contributed by atoms with Gasteiger partial charge in [-0.15, -0.1) is 0 Å². The van der Waals surface area contributed by atoms with Crippen molar-refractivity contribution in [2.24, 2.45) is 5.92 Å². The number of nitrogens with zero attached hydrogens (tertiary/aromatic N) is 1. The van der Waals surface area contributed by atoms with E-state index in [-0.39, 0.29) is 0 Å². The summed E-state index contributed by atoms with van der Waals surface area (Å²) >= 11 is 1.70. The number of rotatable bonds is 6. The zero-order chi connectivity index (χ0) is 13.5. The largest absolute Gasteiger partial charge is 0.497 e. The van der Waals surface area contributed by atoms with Crippen molar-refractivity contribution in [1.29, 1.82) is 0 Å². The van der Waals surface area contributed by atoms with Crippen LogP contribution in [0.15, 0.2) is 29.2 Å². The fourth-order valence-corrected chi connectivity index (χ4v) is 2.90. The highest BCUT2D eigenvalue weighted by Crippen LogP contribution is 2.19. The van der Waals surface area contributed by atoms with Crippen molar-refractivity contribution in [2.45, 2.75) is 24.7 Å². The summed E-state index contributed by atoms with van der Waals surface area (Å²) in [6.07, 6.45) is 2.71. The Kier molecular flexibility index (Phi) is 6.01. The van der Waals surface area contributed by atoms with Crippen molar-refractivity contribution in [3.8, 4) is 5.75 Å². The molecule has 0 amide bonds. The van der Waals surface area contributed by atoms with Crippen molar-refractivity contribution in [2.75, 3.05) is 33.3 Å². The number of nitrogens with one attached hydrogen (secondary N) is 1. The van der Waals surface area contributed by atoms with Gasteiger partial charge in [0.05, 0.1) is 7.11 Å². The Bertz CT molecular complexity index is 361. The second kappa shape index (κ2) is 7.78. The van der Waals surface area contributed by atoms with E-state index in [4.69, 9.17) is 4.74 Å². The number of likely N-dealkylation sites (tertiary alicyclic amines) is 1. The third-order valence-corrected chi connectivity index (χ3v) is 4.51. The number of benzene rings is 1. The van der Waals surface area contributed by atoms with E-state index in [0.717, 1.165) is 24.8 Å². The van der Waals surface area contributed by atoms with Crippen LogP contribution in [-0.4, -0.2) is 38.2 Å². The molecule has 0 bridgehead atoms. The van der Waals surface area contributed by atoms with E-state index in [1.54, 1.807) is 19.1 Å². The van der Waals surface area contributed by atoms with Gasteiger partial charge in [-0.05, 0) is 68.1 Å². The zero-order valence-corrected chi connectivity index (χ0v) is 12.7. The summed E-state index contributed by atoms with van der Waals surface area (Å²) in [5.74, 6) is 1.82. The molecule has 0 spiro atoms. The Morgan fingerprint density at radius 1 is 1.26 bits per heavy atom. The fourth-order valence-electron chi connectivity index (χ4n) is 2.27. The van der Waals surface area contributed by atoms with Crippen LogP contribution in [0.5, 0.6) is 5.75 Å². The van der Waals surface area contributed by atoms with Gasteiger partial charge in [-0.2, -0.15) is 0 Å². The molecule has 1 saturated heterocycles. The second-order valence-electron chi connectivity index (χ2n) is 5.20. The summed E-state index contributed by atoms with van der Waals surface area (Å²) in [5, 5.41) is 0. The number of ether oxygens (including phenoxy) is 1. The lowest BCUT2D eigenvalue weighted by Gasteiger charge is -2.30. The van der Waals surface area contributed by atoms with Crippen LogP contribution in [0.1, 0.15) is 19.8 Å². The molecule has 4 heteroatoms. The molecule has 1 heterocycles. The van der Waals surface area contributed by atoms with Gasteiger partial charge in [0.15, 0.2) is 0 Å². The highest BCUT2D eigenvalue weighted by molar-refractivity contribution is 7.97. The topological polar surface area (TPSA) is 24.5 Å². The van der Waals surface area contributed by atoms with E-state index in [9.17, 15) is 0 Å². The molecule has 0 atom stereocenters. The van der Waals surface area contributed by atoms with Crippen molar-refractivity contribution in [1.82, 2.24) is 9.62 Å². The quantitative estimate of drug-likeness (QED) is 0.639. The van der Waals surface area contributed by atoms with Crippen LogP contribution in [0.4, 0.5) is 0 Å². The van der Waals surface area contributed by atoms with Crippen LogP contribution in [0, 0.1) is 5.92 Å². The first kappa shape index (κ1) is 14.7. The maximum absolute atomic E-state index is 5.15. The van der Waals surface area contributed by atoms with Crippen molar-refractivity contribution < 1.29 is 4.74 Å². The van der Waals surface area contributed by atoms with Gasteiger partial charge < -0.3 is 9.64 Å². The average molecular weight is 280 g/mol. The van der Waals surface area contributed by atoms with Crippen LogP contribution in [-0.2, 0) is 0 Å². The van der Waals surface area contributed by atoms with E-state index >= 15 is 0 Å². The van der Waals surface area contributed by atoms with Crippen molar-refractivity contribution in [3.63, 3.8) is 0 Å². The minimum absolute atomic E-state index is 0.909. The first-order valence-electron chi connectivity index (χ1n) is 7.04. The normalized spacial score (nSPS) is 17.6. The summed E-state index contributed by atoms with van der Waals surface area (Å²) in [6, 6.07) is 8.16. The molecule has 0 saturated carbocycles. The fraction of sp³-hybridized carbons (Fsp3) is 0.600. The molecule has 106 valence electrons. The molecule has 1 aromatic rings. The third kappa shape index (κ3) is 5.05. The Balaban J connectivity index is 1.61. The van der Waals surface area contributed by atoms with Gasteiger partial charge in [0.25, 0.3) is 0 Å². The molecule has 0 aliphatic carbocycles. The maximum Gasteiger partial charge on any atom is 0.118 e. The van der Waals surface area contributed by atoms with Crippen LogP contribution < -0.4 is 9.46 Å². The zero-order valence-electron chi connectivity index (χ0n) is 11.9. The molecule has 1 aromatic carbocycles. The average Bonchev–Trinajstić information content (AvgIpc) is 2.46. The van der Waals surface area contributed by atoms with E-state index in [1.165, 1.54) is 30.8 Å². The number of hydrogen-bond donors (Lipinski definition) is 1. The van der Waals surface area contributed by atoms with Gasteiger partial charge in [0.1, 0.15) is 5.75 Å². The lowest BCUT2D eigenvalue weighted by atomic mass is 9.99. The summed E-state index contributed by atoms with van der Waals surface area (Å²) in [6.45, 7) is 7.06. The second-order valence-corrected chi connectivity index (χ2v) is 6.16. The molecule has 0 aromatic heterocycles. The highest BCUT2D eigenvalue weighted by atomic mass is 32.2. The van der Waals surface area contributed by atoms with Crippen molar-refractivity contribution >= 4 is 11.9 Å². The maximum atomic E-state index is 5.15. The van der Waals surface area contributed by atoms with Gasteiger partial charge >= 0.3 is 0 Å². The monoisotopic (exact) mass is 280 g/mol. The van der Waals surface area contributed by atoms with Gasteiger partial charge in [0.2, 0.25) is 0 Å². The predicted octanol–water partition coefficient (Wildman–Crippen LogP) is 3.02. The molecule has 0 unspecified atom stereocenters. The van der Waals surface area contributed by atoms with E-state index in [0.29, 0.717) is 0 Å².